The van der Waals surface area contributed by atoms with Gasteiger partial charge in [0, 0.05) is 17.3 Å². The second-order valence-electron chi connectivity index (χ2n) is 3.36. The molecule has 1 N–H and O–H groups in total. The Morgan fingerprint density at radius 1 is 1.39 bits per heavy atom. The molecule has 0 bridgehead atoms. The van der Waals surface area contributed by atoms with Crippen molar-refractivity contribution in [2.45, 2.75) is 6.61 Å². The van der Waals surface area contributed by atoms with Crippen molar-refractivity contribution in [1.82, 2.24) is 4.98 Å². The predicted octanol–water partition coefficient (Wildman–Crippen LogP) is 2.39. The van der Waals surface area contributed by atoms with Crippen LogP contribution in [0.2, 0.25) is 0 Å². The van der Waals surface area contributed by atoms with Gasteiger partial charge in [-0.1, -0.05) is 5.16 Å². The highest BCUT2D eigenvalue weighted by molar-refractivity contribution is 7.13. The average molecular weight is 262 g/mol. The van der Waals surface area contributed by atoms with E-state index in [4.69, 9.17) is 9.94 Å². The van der Waals surface area contributed by atoms with Gasteiger partial charge in [0.1, 0.15) is 4.88 Å². The first-order valence-electron chi connectivity index (χ1n) is 5.13. The van der Waals surface area contributed by atoms with Gasteiger partial charge in [-0.25, -0.2) is 4.79 Å². The monoisotopic (exact) mass is 262 g/mol. The molecule has 0 aliphatic rings. The van der Waals surface area contributed by atoms with Crippen LogP contribution in [0, 0.1) is 0 Å². The molecule has 0 amide bonds. The van der Waals surface area contributed by atoms with Crippen LogP contribution in [-0.2, 0) is 11.4 Å². The van der Waals surface area contributed by atoms with Crippen LogP contribution < -0.4 is 0 Å². The van der Waals surface area contributed by atoms with Gasteiger partial charge in [0.05, 0.1) is 6.21 Å². The van der Waals surface area contributed by atoms with Gasteiger partial charge in [-0.2, -0.15) is 0 Å². The summed E-state index contributed by atoms with van der Waals surface area (Å²) >= 11 is 1.18. The smallest absolute Gasteiger partial charge is 0.345 e. The lowest BCUT2D eigenvalue weighted by atomic mass is 10.3. The number of thiophene rings is 1. The van der Waals surface area contributed by atoms with Crippen LogP contribution in [-0.4, -0.2) is 22.3 Å². The fourth-order valence-corrected chi connectivity index (χ4v) is 1.97. The Kier molecular flexibility index (Phi) is 4.03. The van der Waals surface area contributed by atoms with Crippen molar-refractivity contribution in [3.63, 3.8) is 0 Å². The minimum Gasteiger partial charge on any atom is -0.477 e. The van der Waals surface area contributed by atoms with Crippen LogP contribution >= 0.6 is 11.3 Å². The summed E-state index contributed by atoms with van der Waals surface area (Å²) in [5.41, 5.74) is 0.891. The number of nitrogens with zero attached hydrogens (tertiary/aromatic N) is 2. The normalized spacial score (nSPS) is 10.7. The van der Waals surface area contributed by atoms with Crippen LogP contribution in [0.15, 0.2) is 41.8 Å². The zero-order valence-corrected chi connectivity index (χ0v) is 10.1. The third-order valence-corrected chi connectivity index (χ3v) is 3.11. The molecule has 0 saturated carbocycles. The highest BCUT2D eigenvalue weighted by atomic mass is 32.1. The molecule has 2 aromatic heterocycles. The molecule has 0 atom stereocenters. The molecule has 6 heteroatoms. The van der Waals surface area contributed by atoms with Crippen molar-refractivity contribution in [2.24, 2.45) is 5.16 Å². The Hall–Kier alpha value is -2.21. The van der Waals surface area contributed by atoms with E-state index < -0.39 is 5.97 Å². The molecule has 0 aliphatic heterocycles. The lowest BCUT2D eigenvalue weighted by molar-refractivity contribution is 0.0702. The Morgan fingerprint density at radius 2 is 2.17 bits per heavy atom. The number of carbonyl (C=O) groups is 1. The summed E-state index contributed by atoms with van der Waals surface area (Å²) in [6.45, 7) is 0.263. The number of oxime groups is 1. The number of hydrogen-bond donors (Lipinski definition) is 1. The number of aromatic carboxylic acids is 1. The van der Waals surface area contributed by atoms with Crippen molar-refractivity contribution in [1.29, 1.82) is 0 Å². The first-order valence-corrected chi connectivity index (χ1v) is 5.95. The molecule has 92 valence electrons. The zero-order valence-electron chi connectivity index (χ0n) is 9.31. The predicted molar refractivity (Wildman–Crippen MR) is 67.9 cm³/mol. The topological polar surface area (TPSA) is 71.8 Å². The molecule has 5 nitrogen and oxygen atoms in total. The van der Waals surface area contributed by atoms with Gasteiger partial charge in [-0.05, 0) is 29.8 Å². The summed E-state index contributed by atoms with van der Waals surface area (Å²) in [6, 6.07) is 6.88. The largest absolute Gasteiger partial charge is 0.477 e. The van der Waals surface area contributed by atoms with Crippen molar-refractivity contribution in [3.8, 4) is 0 Å². The number of rotatable bonds is 5. The molecule has 2 rings (SSSR count). The fourth-order valence-electron chi connectivity index (χ4n) is 1.22. The third kappa shape index (κ3) is 3.39. The molecule has 0 unspecified atom stereocenters. The number of carboxylic acids is 1. The summed E-state index contributed by atoms with van der Waals surface area (Å²) in [5.74, 6) is -0.925. The van der Waals surface area contributed by atoms with Gasteiger partial charge in [0.25, 0.3) is 0 Å². The second-order valence-corrected chi connectivity index (χ2v) is 4.53. The van der Waals surface area contributed by atoms with Gasteiger partial charge in [0.15, 0.2) is 6.61 Å². The molecule has 0 spiro atoms. The third-order valence-electron chi connectivity index (χ3n) is 2.06. The van der Waals surface area contributed by atoms with Gasteiger partial charge in [-0.3, -0.25) is 4.98 Å². The van der Waals surface area contributed by atoms with Crippen LogP contribution in [0.25, 0.3) is 0 Å². The van der Waals surface area contributed by atoms with Gasteiger partial charge < -0.3 is 9.94 Å². The molecule has 0 aromatic carbocycles. The molecular weight excluding hydrogens is 252 g/mol. The van der Waals surface area contributed by atoms with E-state index in [2.05, 4.69) is 10.1 Å². The first kappa shape index (κ1) is 12.3. The standard InChI is InChI=1S/C12H10N2O3S/c15-12(16)11-2-1-10(18-11)8-17-14-7-9-3-5-13-6-4-9/h1-7H,8H2,(H,15,16). The maximum atomic E-state index is 10.7. The van der Waals surface area contributed by atoms with Crippen molar-refractivity contribution in [2.75, 3.05) is 0 Å². The molecule has 18 heavy (non-hydrogen) atoms. The molecule has 0 aliphatic carbocycles. The lowest BCUT2D eigenvalue weighted by Crippen LogP contribution is -1.89. The van der Waals surface area contributed by atoms with Crippen LogP contribution in [0.4, 0.5) is 0 Å². The van der Waals surface area contributed by atoms with Crippen molar-refractivity contribution in [3.05, 3.63) is 52.0 Å². The summed E-state index contributed by atoms with van der Waals surface area (Å²) in [4.78, 5) is 20.7. The lowest BCUT2D eigenvalue weighted by Gasteiger charge is -1.95. The number of carboxylic acid groups (broad SMARTS) is 1. The van der Waals surface area contributed by atoms with E-state index in [1.807, 2.05) is 0 Å². The fraction of sp³-hybridized carbons (Fsp3) is 0.0833. The Labute approximate surface area is 107 Å². The minimum absolute atomic E-state index is 0.263. The average Bonchev–Trinajstić information content (AvgIpc) is 2.85. The minimum atomic E-state index is -0.925. The zero-order chi connectivity index (χ0) is 12.8. The number of pyridine rings is 1. The number of hydrogen-bond acceptors (Lipinski definition) is 5. The van der Waals surface area contributed by atoms with Crippen LogP contribution in [0.1, 0.15) is 20.1 Å². The van der Waals surface area contributed by atoms with E-state index in [1.165, 1.54) is 11.3 Å². The number of aromatic nitrogens is 1. The summed E-state index contributed by atoms with van der Waals surface area (Å²) in [5, 5.41) is 12.5. The quantitative estimate of drug-likeness (QED) is 0.663. The summed E-state index contributed by atoms with van der Waals surface area (Å²) < 4.78 is 0. The van der Waals surface area contributed by atoms with E-state index >= 15 is 0 Å². The molecule has 0 saturated heterocycles. The van der Waals surface area contributed by atoms with E-state index in [-0.39, 0.29) is 6.61 Å². The maximum absolute atomic E-state index is 10.7. The first-order chi connectivity index (χ1) is 8.75. The summed E-state index contributed by atoms with van der Waals surface area (Å²) in [6.07, 6.45) is 4.91. The highest BCUT2D eigenvalue weighted by Crippen LogP contribution is 2.17. The maximum Gasteiger partial charge on any atom is 0.345 e. The highest BCUT2D eigenvalue weighted by Gasteiger charge is 2.06. The summed E-state index contributed by atoms with van der Waals surface area (Å²) in [7, 11) is 0. The molecule has 0 fully saturated rings. The Balaban J connectivity index is 1.85. The van der Waals surface area contributed by atoms with Crippen molar-refractivity contribution < 1.29 is 14.7 Å². The molecular formula is C12H10N2O3S. The van der Waals surface area contributed by atoms with Crippen LogP contribution in [0.3, 0.4) is 0 Å². The van der Waals surface area contributed by atoms with Gasteiger partial charge in [-0.15, -0.1) is 11.3 Å². The van der Waals surface area contributed by atoms with Gasteiger partial charge >= 0.3 is 5.97 Å². The van der Waals surface area contributed by atoms with E-state index in [0.717, 1.165) is 10.4 Å². The molecule has 0 radical (unpaired) electrons. The molecule has 2 heterocycles. The Morgan fingerprint density at radius 3 is 2.83 bits per heavy atom. The Bertz CT molecular complexity index is 551. The van der Waals surface area contributed by atoms with E-state index in [0.29, 0.717) is 4.88 Å². The van der Waals surface area contributed by atoms with E-state index in [1.54, 1.807) is 42.9 Å². The van der Waals surface area contributed by atoms with Crippen LogP contribution in [0.5, 0.6) is 0 Å². The molecule has 2 aromatic rings. The second kappa shape index (κ2) is 5.92. The van der Waals surface area contributed by atoms with Gasteiger partial charge in [0.2, 0.25) is 0 Å². The SMILES string of the molecule is O=C(O)c1ccc(CON=Cc2ccncc2)s1. The van der Waals surface area contributed by atoms with E-state index in [9.17, 15) is 4.79 Å². The van der Waals surface area contributed by atoms with Crippen molar-refractivity contribution >= 4 is 23.5 Å².